The van der Waals surface area contributed by atoms with E-state index in [4.69, 9.17) is 5.11 Å². The molecule has 2 aromatic rings. The fourth-order valence-electron chi connectivity index (χ4n) is 1.99. The van der Waals surface area contributed by atoms with E-state index in [-0.39, 0.29) is 0 Å². The molecule has 0 aliphatic heterocycles. The molecule has 18 heavy (non-hydrogen) atoms. The zero-order valence-corrected chi connectivity index (χ0v) is 10.8. The van der Waals surface area contributed by atoms with Crippen LogP contribution in [0.25, 0.3) is 11.1 Å². The van der Waals surface area contributed by atoms with Crippen LogP contribution >= 0.6 is 0 Å². The van der Waals surface area contributed by atoms with Crippen molar-refractivity contribution in [2.45, 2.75) is 20.8 Å². The fourth-order valence-corrected chi connectivity index (χ4v) is 1.99. The average Bonchev–Trinajstić information content (AvgIpc) is 2.31. The van der Waals surface area contributed by atoms with Crippen LogP contribution in [0.1, 0.15) is 27.0 Å². The first-order chi connectivity index (χ1) is 8.47. The Bertz CT molecular complexity index is 612. The predicted molar refractivity (Wildman–Crippen MR) is 73.0 cm³/mol. The first-order valence-corrected chi connectivity index (χ1v) is 5.90. The molecule has 0 radical (unpaired) electrons. The molecule has 0 bridgehead atoms. The molecule has 0 spiro atoms. The summed E-state index contributed by atoms with van der Waals surface area (Å²) in [5.74, 6) is -0.885. The summed E-state index contributed by atoms with van der Waals surface area (Å²) in [6.45, 7) is 6.04. The van der Waals surface area contributed by atoms with E-state index in [9.17, 15) is 4.79 Å². The molecule has 0 saturated heterocycles. The summed E-state index contributed by atoms with van der Waals surface area (Å²) in [7, 11) is 0. The number of aryl methyl sites for hydroxylation is 3. The largest absolute Gasteiger partial charge is 0.478 e. The number of aromatic carboxylic acids is 1. The molecule has 2 heteroatoms. The minimum Gasteiger partial charge on any atom is -0.478 e. The number of hydrogen-bond acceptors (Lipinski definition) is 1. The lowest BCUT2D eigenvalue weighted by molar-refractivity contribution is 0.0697. The number of hydrogen-bond donors (Lipinski definition) is 1. The van der Waals surface area contributed by atoms with Crippen molar-refractivity contribution in [3.63, 3.8) is 0 Å². The molecule has 0 saturated carbocycles. The standard InChI is InChI=1S/C16H16O2/c1-10-6-14(9-15(7-10)16(17)18)13-5-4-11(2)12(3)8-13/h4-9H,1-3H3,(H,17,18). The summed E-state index contributed by atoms with van der Waals surface area (Å²) in [5.41, 5.74) is 5.77. The normalized spacial score (nSPS) is 10.4. The van der Waals surface area contributed by atoms with Gasteiger partial charge in [0, 0.05) is 0 Å². The maximum Gasteiger partial charge on any atom is 0.335 e. The van der Waals surface area contributed by atoms with Gasteiger partial charge in [0.25, 0.3) is 0 Å². The Morgan fingerprint density at radius 2 is 1.61 bits per heavy atom. The molecule has 2 nitrogen and oxygen atoms in total. The molecule has 0 aliphatic rings. The molecule has 2 aromatic carbocycles. The van der Waals surface area contributed by atoms with Crippen molar-refractivity contribution >= 4 is 5.97 Å². The van der Waals surface area contributed by atoms with E-state index < -0.39 is 5.97 Å². The van der Waals surface area contributed by atoms with Crippen LogP contribution in [0.5, 0.6) is 0 Å². The van der Waals surface area contributed by atoms with Crippen LogP contribution in [0.3, 0.4) is 0 Å². The Morgan fingerprint density at radius 3 is 2.22 bits per heavy atom. The quantitative estimate of drug-likeness (QED) is 0.862. The van der Waals surface area contributed by atoms with Gasteiger partial charge in [0.05, 0.1) is 5.56 Å². The van der Waals surface area contributed by atoms with Crippen LogP contribution in [0, 0.1) is 20.8 Å². The molecular formula is C16H16O2. The Morgan fingerprint density at radius 1 is 0.889 bits per heavy atom. The van der Waals surface area contributed by atoms with E-state index in [2.05, 4.69) is 26.0 Å². The maximum atomic E-state index is 11.1. The molecule has 0 atom stereocenters. The third-order valence-corrected chi connectivity index (χ3v) is 3.16. The van der Waals surface area contributed by atoms with Gasteiger partial charge in [-0.3, -0.25) is 0 Å². The molecule has 92 valence electrons. The SMILES string of the molecule is Cc1cc(C(=O)O)cc(-c2ccc(C)c(C)c2)c1. The molecule has 0 aliphatic carbocycles. The van der Waals surface area contributed by atoms with Crippen molar-refractivity contribution in [1.82, 2.24) is 0 Å². The molecule has 2 rings (SSSR count). The van der Waals surface area contributed by atoms with Gasteiger partial charge in [-0.2, -0.15) is 0 Å². The summed E-state index contributed by atoms with van der Waals surface area (Å²) in [4.78, 5) is 11.1. The van der Waals surface area contributed by atoms with Gasteiger partial charge in [0.1, 0.15) is 0 Å². The van der Waals surface area contributed by atoms with E-state index >= 15 is 0 Å². The molecule has 0 unspecified atom stereocenters. The van der Waals surface area contributed by atoms with Gasteiger partial charge in [-0.05, 0) is 60.7 Å². The van der Waals surface area contributed by atoms with Crippen LogP contribution in [0.2, 0.25) is 0 Å². The predicted octanol–water partition coefficient (Wildman–Crippen LogP) is 3.98. The highest BCUT2D eigenvalue weighted by Gasteiger charge is 2.07. The highest BCUT2D eigenvalue weighted by atomic mass is 16.4. The second-order valence-electron chi connectivity index (χ2n) is 4.69. The topological polar surface area (TPSA) is 37.3 Å². The summed E-state index contributed by atoms with van der Waals surface area (Å²) in [6, 6.07) is 11.6. The van der Waals surface area contributed by atoms with Crippen LogP contribution in [-0.4, -0.2) is 11.1 Å². The highest BCUT2D eigenvalue weighted by Crippen LogP contribution is 2.24. The van der Waals surface area contributed by atoms with E-state index in [0.29, 0.717) is 5.56 Å². The Hall–Kier alpha value is -2.09. The van der Waals surface area contributed by atoms with Crippen molar-refractivity contribution < 1.29 is 9.90 Å². The lowest BCUT2D eigenvalue weighted by Gasteiger charge is -2.08. The molecule has 1 N–H and O–H groups in total. The van der Waals surface area contributed by atoms with E-state index in [1.54, 1.807) is 12.1 Å². The van der Waals surface area contributed by atoms with Gasteiger partial charge < -0.3 is 5.11 Å². The van der Waals surface area contributed by atoms with Crippen molar-refractivity contribution in [2.75, 3.05) is 0 Å². The van der Waals surface area contributed by atoms with Gasteiger partial charge in [-0.25, -0.2) is 4.79 Å². The Labute approximate surface area is 107 Å². The molecule has 0 aromatic heterocycles. The van der Waals surface area contributed by atoms with E-state index in [1.807, 2.05) is 19.1 Å². The highest BCUT2D eigenvalue weighted by molar-refractivity contribution is 5.89. The van der Waals surface area contributed by atoms with Crippen molar-refractivity contribution in [3.8, 4) is 11.1 Å². The lowest BCUT2D eigenvalue weighted by atomic mass is 9.97. The van der Waals surface area contributed by atoms with Crippen LogP contribution in [0.4, 0.5) is 0 Å². The lowest BCUT2D eigenvalue weighted by Crippen LogP contribution is -1.97. The van der Waals surface area contributed by atoms with Gasteiger partial charge in [-0.15, -0.1) is 0 Å². The van der Waals surface area contributed by atoms with Crippen molar-refractivity contribution in [1.29, 1.82) is 0 Å². The molecule has 0 heterocycles. The summed E-state index contributed by atoms with van der Waals surface area (Å²) >= 11 is 0. The van der Waals surface area contributed by atoms with Gasteiger partial charge in [0.15, 0.2) is 0 Å². The first-order valence-electron chi connectivity index (χ1n) is 5.90. The second kappa shape index (κ2) is 4.65. The second-order valence-corrected chi connectivity index (χ2v) is 4.69. The number of carboxylic acid groups (broad SMARTS) is 1. The Balaban J connectivity index is 2.56. The maximum absolute atomic E-state index is 11.1. The Kier molecular flexibility index (Phi) is 3.19. The zero-order valence-electron chi connectivity index (χ0n) is 10.8. The first kappa shape index (κ1) is 12.4. The minimum absolute atomic E-state index is 0.336. The fraction of sp³-hybridized carbons (Fsp3) is 0.188. The van der Waals surface area contributed by atoms with Crippen LogP contribution in [-0.2, 0) is 0 Å². The number of carboxylic acids is 1. The summed E-state index contributed by atoms with van der Waals surface area (Å²) < 4.78 is 0. The van der Waals surface area contributed by atoms with E-state index in [0.717, 1.165) is 16.7 Å². The van der Waals surface area contributed by atoms with Gasteiger partial charge >= 0.3 is 5.97 Å². The van der Waals surface area contributed by atoms with Crippen molar-refractivity contribution in [3.05, 3.63) is 58.7 Å². The number of carbonyl (C=O) groups is 1. The average molecular weight is 240 g/mol. The minimum atomic E-state index is -0.885. The molecule has 0 fully saturated rings. The monoisotopic (exact) mass is 240 g/mol. The summed E-state index contributed by atoms with van der Waals surface area (Å²) in [5, 5.41) is 9.08. The van der Waals surface area contributed by atoms with Crippen LogP contribution < -0.4 is 0 Å². The third-order valence-electron chi connectivity index (χ3n) is 3.16. The number of rotatable bonds is 2. The summed E-state index contributed by atoms with van der Waals surface area (Å²) in [6.07, 6.45) is 0. The molecular weight excluding hydrogens is 224 g/mol. The van der Waals surface area contributed by atoms with Gasteiger partial charge in [-0.1, -0.05) is 24.3 Å². The zero-order chi connectivity index (χ0) is 13.3. The van der Waals surface area contributed by atoms with Gasteiger partial charge in [0.2, 0.25) is 0 Å². The molecule has 0 amide bonds. The number of benzene rings is 2. The van der Waals surface area contributed by atoms with Crippen LogP contribution in [0.15, 0.2) is 36.4 Å². The smallest absolute Gasteiger partial charge is 0.335 e. The van der Waals surface area contributed by atoms with Crippen molar-refractivity contribution in [2.24, 2.45) is 0 Å². The third kappa shape index (κ3) is 2.43. The van der Waals surface area contributed by atoms with E-state index in [1.165, 1.54) is 11.1 Å².